The first-order valence-electron chi connectivity index (χ1n) is 5.48. The van der Waals surface area contributed by atoms with Gasteiger partial charge in [-0.1, -0.05) is 6.07 Å². The summed E-state index contributed by atoms with van der Waals surface area (Å²) in [5.74, 6) is 0. The zero-order valence-corrected chi connectivity index (χ0v) is 11.4. The van der Waals surface area contributed by atoms with Crippen LogP contribution in [0.1, 0.15) is 5.69 Å². The van der Waals surface area contributed by atoms with E-state index in [0.717, 1.165) is 31.0 Å². The number of anilines is 1. The van der Waals surface area contributed by atoms with Crippen molar-refractivity contribution in [2.24, 2.45) is 0 Å². The second-order valence-corrected chi connectivity index (χ2v) is 6.22. The van der Waals surface area contributed by atoms with Gasteiger partial charge in [-0.05, 0) is 49.0 Å². The molecule has 2 N–H and O–H groups in total. The van der Waals surface area contributed by atoms with E-state index in [4.69, 9.17) is 5.73 Å². The number of nitrogen functional groups attached to an aromatic ring is 1. The van der Waals surface area contributed by atoms with Crippen molar-refractivity contribution >= 4 is 39.0 Å². The van der Waals surface area contributed by atoms with E-state index in [9.17, 15) is 0 Å². The highest BCUT2D eigenvalue weighted by atomic mass is 32.2. The second kappa shape index (κ2) is 4.59. The van der Waals surface area contributed by atoms with E-state index in [1.165, 1.54) is 0 Å². The molecule has 0 bridgehead atoms. The maximum absolute atomic E-state index is 5.77. The van der Waals surface area contributed by atoms with Gasteiger partial charge in [-0.2, -0.15) is 0 Å². The van der Waals surface area contributed by atoms with Gasteiger partial charge in [-0.3, -0.25) is 0 Å². The number of nitrogens with two attached hydrogens (primary N) is 1. The van der Waals surface area contributed by atoms with Crippen LogP contribution < -0.4 is 5.73 Å². The van der Waals surface area contributed by atoms with Crippen LogP contribution in [0.5, 0.6) is 0 Å². The molecular formula is C13H11N3S2. The Labute approximate surface area is 113 Å². The number of hydrogen-bond acceptors (Lipinski definition) is 5. The molecule has 90 valence electrons. The van der Waals surface area contributed by atoms with Crippen molar-refractivity contribution in [3.05, 3.63) is 42.1 Å². The van der Waals surface area contributed by atoms with Crippen molar-refractivity contribution < 1.29 is 0 Å². The van der Waals surface area contributed by atoms with Gasteiger partial charge < -0.3 is 5.73 Å². The fourth-order valence-corrected chi connectivity index (χ4v) is 3.72. The van der Waals surface area contributed by atoms with Crippen molar-refractivity contribution in [2.45, 2.75) is 16.3 Å². The van der Waals surface area contributed by atoms with Gasteiger partial charge in [0.25, 0.3) is 0 Å². The molecule has 0 amide bonds. The number of hydrogen-bond donors (Lipinski definition) is 1. The van der Waals surface area contributed by atoms with Crippen LogP contribution in [-0.2, 0) is 0 Å². The maximum atomic E-state index is 5.77. The number of nitrogens with zero attached hydrogens (tertiary/aromatic N) is 2. The number of thiazole rings is 1. The van der Waals surface area contributed by atoms with Crippen molar-refractivity contribution in [3.63, 3.8) is 0 Å². The molecule has 3 nitrogen and oxygen atoms in total. The van der Waals surface area contributed by atoms with E-state index >= 15 is 0 Å². The fraction of sp³-hybridized carbons (Fsp3) is 0.0769. The molecule has 0 aliphatic rings. The van der Waals surface area contributed by atoms with Crippen molar-refractivity contribution in [3.8, 4) is 0 Å². The van der Waals surface area contributed by atoms with Gasteiger partial charge in [-0.15, -0.1) is 11.3 Å². The first kappa shape index (κ1) is 11.5. The molecule has 3 rings (SSSR count). The first-order chi connectivity index (χ1) is 8.70. The highest BCUT2D eigenvalue weighted by molar-refractivity contribution is 8.01. The molecule has 3 aromatic rings. The van der Waals surface area contributed by atoms with Crippen LogP contribution in [-0.4, -0.2) is 9.97 Å². The Morgan fingerprint density at radius 1 is 1.17 bits per heavy atom. The quantitative estimate of drug-likeness (QED) is 0.723. The minimum Gasteiger partial charge on any atom is -0.399 e. The monoisotopic (exact) mass is 273 g/mol. The zero-order chi connectivity index (χ0) is 12.5. The SMILES string of the molecule is Cc1cccc(Sc2nc3ccc(N)cc3s2)n1. The molecule has 0 aliphatic heterocycles. The summed E-state index contributed by atoms with van der Waals surface area (Å²) in [4.78, 5) is 9.03. The summed E-state index contributed by atoms with van der Waals surface area (Å²) in [6.45, 7) is 1.99. The predicted octanol–water partition coefficient (Wildman–Crippen LogP) is 3.73. The topological polar surface area (TPSA) is 51.8 Å². The Bertz CT molecular complexity index is 706. The van der Waals surface area contributed by atoms with Crippen LogP contribution >= 0.6 is 23.1 Å². The van der Waals surface area contributed by atoms with Crippen molar-refractivity contribution in [1.29, 1.82) is 0 Å². The number of aryl methyl sites for hydroxylation is 1. The van der Waals surface area contributed by atoms with E-state index in [1.54, 1.807) is 23.1 Å². The molecule has 1 aromatic carbocycles. The lowest BCUT2D eigenvalue weighted by Gasteiger charge is -1.97. The average molecular weight is 273 g/mol. The van der Waals surface area contributed by atoms with Crippen LogP contribution in [0, 0.1) is 6.92 Å². The summed E-state index contributed by atoms with van der Waals surface area (Å²) >= 11 is 3.23. The molecule has 0 radical (unpaired) electrons. The van der Waals surface area contributed by atoms with Gasteiger partial charge in [0.1, 0.15) is 5.03 Å². The third-order valence-electron chi connectivity index (χ3n) is 2.45. The minimum absolute atomic E-state index is 0.774. The third-order valence-corrected chi connectivity index (χ3v) is 4.46. The lowest BCUT2D eigenvalue weighted by atomic mass is 10.3. The average Bonchev–Trinajstić information content (AvgIpc) is 2.70. The minimum atomic E-state index is 0.774. The standard InChI is InChI=1S/C13H11N3S2/c1-8-3-2-4-12(15-8)18-13-16-10-6-5-9(14)7-11(10)17-13/h2-7H,14H2,1H3. The molecule has 2 aromatic heterocycles. The number of fused-ring (bicyclic) bond motifs is 1. The smallest absolute Gasteiger partial charge is 0.157 e. The molecule has 0 unspecified atom stereocenters. The largest absolute Gasteiger partial charge is 0.399 e. The number of rotatable bonds is 2. The summed E-state index contributed by atoms with van der Waals surface area (Å²) in [5, 5.41) is 0.974. The predicted molar refractivity (Wildman–Crippen MR) is 77.1 cm³/mol. The normalized spacial score (nSPS) is 10.9. The summed E-state index contributed by atoms with van der Waals surface area (Å²) in [6, 6.07) is 11.8. The van der Waals surface area contributed by atoms with Crippen molar-refractivity contribution in [2.75, 3.05) is 5.73 Å². The lowest BCUT2D eigenvalue weighted by Crippen LogP contribution is -1.82. The van der Waals surface area contributed by atoms with Gasteiger partial charge in [0.2, 0.25) is 0 Å². The summed E-state index contributed by atoms with van der Waals surface area (Å²) in [6.07, 6.45) is 0. The molecule has 18 heavy (non-hydrogen) atoms. The molecular weight excluding hydrogens is 262 g/mol. The molecule has 0 atom stereocenters. The molecule has 0 spiro atoms. The Hall–Kier alpha value is -1.59. The highest BCUT2D eigenvalue weighted by Gasteiger charge is 2.06. The van der Waals surface area contributed by atoms with E-state index in [0.29, 0.717) is 0 Å². The van der Waals surface area contributed by atoms with Crippen molar-refractivity contribution in [1.82, 2.24) is 9.97 Å². The number of pyridine rings is 1. The summed E-state index contributed by atoms with van der Waals surface area (Å²) in [5.41, 5.74) is 8.55. The highest BCUT2D eigenvalue weighted by Crippen LogP contribution is 2.34. The number of benzene rings is 1. The van der Waals surface area contributed by atoms with Crippen LogP contribution in [0.4, 0.5) is 5.69 Å². The fourth-order valence-electron chi connectivity index (χ4n) is 1.63. The zero-order valence-electron chi connectivity index (χ0n) is 9.75. The molecule has 0 saturated carbocycles. The molecule has 0 fully saturated rings. The Kier molecular flexibility index (Phi) is 2.93. The van der Waals surface area contributed by atoms with Crippen LogP contribution in [0.3, 0.4) is 0 Å². The Morgan fingerprint density at radius 3 is 2.89 bits per heavy atom. The van der Waals surface area contributed by atoms with Gasteiger partial charge in [0.15, 0.2) is 4.34 Å². The first-order valence-corrected chi connectivity index (χ1v) is 7.11. The molecule has 0 aliphatic carbocycles. The Morgan fingerprint density at radius 2 is 2.06 bits per heavy atom. The third kappa shape index (κ3) is 2.32. The van der Waals surface area contributed by atoms with Gasteiger partial charge in [-0.25, -0.2) is 9.97 Å². The van der Waals surface area contributed by atoms with Gasteiger partial charge in [0, 0.05) is 11.4 Å². The number of aromatic nitrogens is 2. The maximum Gasteiger partial charge on any atom is 0.157 e. The van der Waals surface area contributed by atoms with Crippen LogP contribution in [0.2, 0.25) is 0 Å². The van der Waals surface area contributed by atoms with Crippen LogP contribution in [0.15, 0.2) is 45.8 Å². The summed E-state index contributed by atoms with van der Waals surface area (Å²) in [7, 11) is 0. The van der Waals surface area contributed by atoms with E-state index < -0.39 is 0 Å². The van der Waals surface area contributed by atoms with E-state index in [1.807, 2.05) is 43.3 Å². The summed E-state index contributed by atoms with van der Waals surface area (Å²) < 4.78 is 2.11. The molecule has 2 heterocycles. The van der Waals surface area contributed by atoms with E-state index in [-0.39, 0.29) is 0 Å². The van der Waals surface area contributed by atoms with Crippen LogP contribution in [0.25, 0.3) is 10.2 Å². The van der Waals surface area contributed by atoms with E-state index in [2.05, 4.69) is 9.97 Å². The molecule has 0 saturated heterocycles. The second-order valence-electron chi connectivity index (χ2n) is 3.93. The Balaban J connectivity index is 1.95. The lowest BCUT2D eigenvalue weighted by molar-refractivity contribution is 1.06. The van der Waals surface area contributed by atoms with Gasteiger partial charge in [0.05, 0.1) is 10.2 Å². The van der Waals surface area contributed by atoms with Gasteiger partial charge >= 0.3 is 0 Å². The molecule has 5 heteroatoms.